The van der Waals surface area contributed by atoms with Crippen LogP contribution in [-0.2, 0) is 23.5 Å². The minimum atomic E-state index is -4.52. The number of nitrogens with zero attached hydrogens (tertiary/aromatic N) is 4. The average molecular weight is 456 g/mol. The highest BCUT2D eigenvalue weighted by Crippen LogP contribution is 2.49. The molecule has 13 heteroatoms. The minimum absolute atomic E-state index is 0.0134. The van der Waals surface area contributed by atoms with Crippen molar-refractivity contribution >= 4 is 37.5 Å². The van der Waals surface area contributed by atoms with Crippen LogP contribution in [-0.4, -0.2) is 60.3 Å². The summed E-state index contributed by atoms with van der Waals surface area (Å²) in [6.45, 7) is 6.54. The highest BCUT2D eigenvalue weighted by atomic mass is 31.2. The van der Waals surface area contributed by atoms with Crippen LogP contribution in [0.15, 0.2) is 35.6 Å². The van der Waals surface area contributed by atoms with E-state index in [1.807, 2.05) is 0 Å². The first-order valence-electron chi connectivity index (χ1n) is 9.25. The fourth-order valence-corrected chi connectivity index (χ4v) is 4.38. The van der Waals surface area contributed by atoms with Crippen molar-refractivity contribution in [3.8, 4) is 0 Å². The summed E-state index contributed by atoms with van der Waals surface area (Å²) in [5.41, 5.74) is 0.674. The zero-order valence-electron chi connectivity index (χ0n) is 16.9. The maximum Gasteiger partial charge on any atom is 0.488 e. The Balaban J connectivity index is 1.73. The van der Waals surface area contributed by atoms with E-state index in [1.54, 1.807) is 11.0 Å². The summed E-state index contributed by atoms with van der Waals surface area (Å²) in [4.78, 5) is 41.2. The Bertz CT molecular complexity index is 972. The van der Waals surface area contributed by atoms with Crippen LogP contribution in [0.1, 0.15) is 13.8 Å². The molecule has 1 N–H and O–H groups in total. The van der Waals surface area contributed by atoms with Crippen molar-refractivity contribution in [2.45, 2.75) is 20.0 Å². The van der Waals surface area contributed by atoms with Crippen LogP contribution in [0.2, 0.25) is 0 Å². The predicted molar refractivity (Wildman–Crippen MR) is 109 cm³/mol. The normalized spacial score (nSPS) is 20.0. The molecule has 1 aromatic carbocycles. The number of oxime groups is 1. The second-order valence-electron chi connectivity index (χ2n) is 6.89. The van der Waals surface area contributed by atoms with Crippen LogP contribution in [0, 0.1) is 5.82 Å². The van der Waals surface area contributed by atoms with Crippen molar-refractivity contribution in [2.24, 2.45) is 5.16 Å². The summed E-state index contributed by atoms with van der Waals surface area (Å²) < 4.78 is 37.6. The summed E-state index contributed by atoms with van der Waals surface area (Å²) in [5.74, 6) is -1.51. The van der Waals surface area contributed by atoms with E-state index in [9.17, 15) is 23.4 Å². The molecule has 31 heavy (non-hydrogen) atoms. The first kappa shape index (κ1) is 22.6. The van der Waals surface area contributed by atoms with Gasteiger partial charge in [-0.05, 0) is 25.1 Å². The van der Waals surface area contributed by atoms with Crippen LogP contribution < -0.4 is 9.80 Å². The Morgan fingerprint density at radius 3 is 2.81 bits per heavy atom. The van der Waals surface area contributed by atoms with Gasteiger partial charge in [0.25, 0.3) is 0 Å². The summed E-state index contributed by atoms with van der Waals surface area (Å²) >= 11 is 0. The molecule has 2 aliphatic rings. The second kappa shape index (κ2) is 8.94. The van der Waals surface area contributed by atoms with Crippen molar-refractivity contribution in [1.82, 2.24) is 4.67 Å². The van der Waals surface area contributed by atoms with Gasteiger partial charge in [0.2, 0.25) is 0 Å². The molecule has 0 saturated carbocycles. The number of carbonyl (C=O) groups is 2. The van der Waals surface area contributed by atoms with Gasteiger partial charge in [-0.3, -0.25) is 19.3 Å². The summed E-state index contributed by atoms with van der Waals surface area (Å²) in [6.07, 6.45) is -0.231. The number of carbonyl (C=O) groups excluding carboxylic acids is 2. The lowest BCUT2D eigenvalue weighted by molar-refractivity contribution is -0.132. The number of anilines is 2. The van der Waals surface area contributed by atoms with Gasteiger partial charge in [-0.2, -0.15) is 0 Å². The highest BCUT2D eigenvalue weighted by molar-refractivity contribution is 7.50. The Morgan fingerprint density at radius 2 is 2.23 bits per heavy atom. The van der Waals surface area contributed by atoms with Gasteiger partial charge in [-0.1, -0.05) is 11.7 Å². The Kier molecular flexibility index (Phi) is 6.51. The van der Waals surface area contributed by atoms with E-state index >= 15 is 0 Å². The molecule has 0 spiro atoms. The Labute approximate surface area is 177 Å². The zero-order chi connectivity index (χ0) is 22.8. The van der Waals surface area contributed by atoms with Crippen molar-refractivity contribution in [1.29, 1.82) is 0 Å². The van der Waals surface area contributed by atoms with E-state index in [1.165, 1.54) is 30.3 Å². The van der Waals surface area contributed by atoms with Crippen molar-refractivity contribution in [3.05, 3.63) is 36.3 Å². The van der Waals surface area contributed by atoms with Gasteiger partial charge in [0.1, 0.15) is 24.9 Å². The maximum absolute atomic E-state index is 14.6. The third-order valence-corrected chi connectivity index (χ3v) is 6.09. The summed E-state index contributed by atoms with van der Waals surface area (Å²) in [5, 5.41) is 3.64. The van der Waals surface area contributed by atoms with Crippen LogP contribution in [0.3, 0.4) is 0 Å². The molecule has 0 bridgehead atoms. The number of rotatable bonds is 7. The van der Waals surface area contributed by atoms with Gasteiger partial charge >= 0.3 is 19.8 Å². The molecule has 168 valence electrons. The van der Waals surface area contributed by atoms with Gasteiger partial charge < -0.3 is 19.0 Å². The molecule has 1 saturated heterocycles. The van der Waals surface area contributed by atoms with Crippen LogP contribution in [0.25, 0.3) is 0 Å². The molecule has 2 heterocycles. The molecular formula is C18H22FN4O7P. The molecule has 0 aromatic heterocycles. The molecule has 11 nitrogen and oxygen atoms in total. The van der Waals surface area contributed by atoms with E-state index in [0.29, 0.717) is 13.2 Å². The summed E-state index contributed by atoms with van der Waals surface area (Å²) in [7, 11) is -4.52. The number of hydrogen-bond acceptors (Lipinski definition) is 8. The van der Waals surface area contributed by atoms with Gasteiger partial charge in [-0.15, -0.1) is 0 Å². The SMILES string of the molecule is C=C(C)N(C[C@H]1CN(c2ccc(N3C=NOCC3)c(F)c2)C(=O)O1)P(=O)(O)OC(C)=O. The third kappa shape index (κ3) is 5.15. The number of hydrogen-bond donors (Lipinski definition) is 1. The van der Waals surface area contributed by atoms with Gasteiger partial charge in [0.05, 0.1) is 31.0 Å². The van der Waals surface area contributed by atoms with Crippen LogP contribution in [0.5, 0.6) is 0 Å². The van der Waals surface area contributed by atoms with E-state index in [4.69, 9.17) is 9.57 Å². The third-order valence-electron chi connectivity index (χ3n) is 4.48. The first-order chi connectivity index (χ1) is 14.6. The topological polar surface area (TPSA) is 121 Å². The molecule has 0 radical (unpaired) electrons. The molecule has 2 atom stereocenters. The van der Waals surface area contributed by atoms with Gasteiger partial charge in [-0.25, -0.2) is 13.8 Å². The fourth-order valence-electron chi connectivity index (χ4n) is 3.13. The monoisotopic (exact) mass is 456 g/mol. The first-order valence-corrected chi connectivity index (χ1v) is 10.8. The molecule has 2 aliphatic heterocycles. The van der Waals surface area contributed by atoms with E-state index in [2.05, 4.69) is 16.3 Å². The highest BCUT2D eigenvalue weighted by Gasteiger charge is 2.39. The fraction of sp³-hybridized carbons (Fsp3) is 0.389. The number of allylic oxidation sites excluding steroid dienone is 1. The van der Waals surface area contributed by atoms with Crippen molar-refractivity contribution in [3.63, 3.8) is 0 Å². The maximum atomic E-state index is 14.6. The minimum Gasteiger partial charge on any atom is -0.442 e. The number of cyclic esters (lactones) is 1. The number of halogens is 1. The second-order valence-corrected chi connectivity index (χ2v) is 8.54. The quantitative estimate of drug-likeness (QED) is 0.617. The lowest BCUT2D eigenvalue weighted by atomic mass is 10.2. The van der Waals surface area contributed by atoms with Crippen molar-refractivity contribution in [2.75, 3.05) is 36.0 Å². The molecule has 1 aromatic rings. The summed E-state index contributed by atoms with van der Waals surface area (Å²) in [6, 6.07) is 4.25. The van der Waals surface area contributed by atoms with Gasteiger partial charge in [0.15, 0.2) is 0 Å². The molecular weight excluding hydrogens is 434 g/mol. The molecule has 0 aliphatic carbocycles. The van der Waals surface area contributed by atoms with E-state index < -0.39 is 31.7 Å². The number of amides is 1. The van der Waals surface area contributed by atoms with Crippen molar-refractivity contribution < 1.29 is 37.5 Å². The Hall–Kier alpha value is -3.11. The molecule has 1 fully saturated rings. The molecule has 3 rings (SSSR count). The largest absolute Gasteiger partial charge is 0.488 e. The van der Waals surface area contributed by atoms with E-state index in [0.717, 1.165) is 11.6 Å². The van der Waals surface area contributed by atoms with E-state index in [-0.39, 0.29) is 30.2 Å². The van der Waals surface area contributed by atoms with Crippen LogP contribution in [0.4, 0.5) is 20.6 Å². The number of benzene rings is 1. The average Bonchev–Trinajstić information content (AvgIpc) is 3.05. The predicted octanol–water partition coefficient (Wildman–Crippen LogP) is 2.43. The standard InChI is InChI=1S/C18H22FN4O7P/c1-12(2)23(31(26,27)30-13(3)24)10-15-9-22(18(25)29-15)14-4-5-17(16(19)8-14)21-6-7-28-20-11-21/h4-5,8,11,15H,1,6-7,9-10H2,2-3H3,(H,26,27)/t15-/m1/s1. The van der Waals surface area contributed by atoms with Crippen LogP contribution >= 0.6 is 7.75 Å². The smallest absolute Gasteiger partial charge is 0.442 e. The molecule has 1 unspecified atom stereocenters. The lowest BCUT2D eigenvalue weighted by Gasteiger charge is -2.29. The Morgan fingerprint density at radius 1 is 1.48 bits per heavy atom. The zero-order valence-corrected chi connectivity index (χ0v) is 17.8. The molecule has 1 amide bonds. The number of ether oxygens (including phenoxy) is 1. The van der Waals surface area contributed by atoms with Gasteiger partial charge in [0, 0.05) is 12.6 Å². The lowest BCUT2D eigenvalue weighted by Crippen LogP contribution is -2.33.